The van der Waals surface area contributed by atoms with Crippen molar-refractivity contribution in [3.05, 3.63) is 22.3 Å². The summed E-state index contributed by atoms with van der Waals surface area (Å²) in [5.74, 6) is 0. The Kier molecular flexibility index (Phi) is 2.56. The first-order chi connectivity index (χ1) is 5.83. The molecule has 0 unspecified atom stereocenters. The number of rotatable bonds is 1. The van der Waals surface area contributed by atoms with Crippen molar-refractivity contribution in [1.29, 1.82) is 0 Å². The molecule has 1 aliphatic carbocycles. The van der Waals surface area contributed by atoms with Gasteiger partial charge in [0.05, 0.1) is 0 Å². The van der Waals surface area contributed by atoms with Gasteiger partial charge >= 0.3 is 87.6 Å². The molecule has 13 heavy (non-hydrogen) atoms. The van der Waals surface area contributed by atoms with E-state index < -0.39 is 5.41 Å². The molecule has 0 fully saturated rings. The third-order valence-corrected chi connectivity index (χ3v) is 4.08. The van der Waals surface area contributed by atoms with Crippen molar-refractivity contribution in [3.63, 3.8) is 0 Å². The molecule has 1 nitrogen and oxygen atoms in total. The van der Waals surface area contributed by atoms with Crippen LogP contribution in [0.3, 0.4) is 0 Å². The first kappa shape index (κ1) is 10.7. The Morgan fingerprint density at radius 3 is 1.54 bits per heavy atom. The number of carbonyl (C=O) groups excluding carboxylic acids is 1. The van der Waals surface area contributed by atoms with E-state index in [4.69, 9.17) is 0 Å². The number of hydrogen-bond donors (Lipinski definition) is 0. The molecule has 0 aromatic heterocycles. The van der Waals surface area contributed by atoms with Crippen LogP contribution in [-0.2, 0) is 20.5 Å². The fourth-order valence-corrected chi connectivity index (χ4v) is 2.26. The standard InChI is InChI=1S/C11H15O.Co/c1-7-8(2)10(4)11(5,6-12)9(7)3;/h1-5H3;/q;+3. The average molecular weight is 222 g/mol. The van der Waals surface area contributed by atoms with Gasteiger partial charge in [0.2, 0.25) is 0 Å². The molecule has 0 aromatic carbocycles. The molecule has 0 aromatic rings. The summed E-state index contributed by atoms with van der Waals surface area (Å²) in [5, 5.41) is 0. The van der Waals surface area contributed by atoms with E-state index >= 15 is 0 Å². The second-order valence-electron chi connectivity index (χ2n) is 3.88. The molecule has 0 bridgehead atoms. The Morgan fingerprint density at radius 1 is 1.08 bits per heavy atom. The van der Waals surface area contributed by atoms with Crippen molar-refractivity contribution >= 4 is 4.72 Å². The first-order valence-electron chi connectivity index (χ1n) is 4.37. The van der Waals surface area contributed by atoms with Gasteiger partial charge in [-0.15, -0.1) is 0 Å². The molecule has 2 heteroatoms. The number of allylic oxidation sites excluding steroid dienone is 4. The van der Waals surface area contributed by atoms with E-state index in [9.17, 15) is 4.79 Å². The third kappa shape index (κ3) is 1.24. The quantitative estimate of drug-likeness (QED) is 0.666. The second kappa shape index (κ2) is 3.10. The van der Waals surface area contributed by atoms with Gasteiger partial charge in [-0.25, -0.2) is 0 Å². The summed E-state index contributed by atoms with van der Waals surface area (Å²) in [6.07, 6.45) is 0. The Morgan fingerprint density at radius 2 is 1.38 bits per heavy atom. The molecule has 0 radical (unpaired) electrons. The molecule has 0 heterocycles. The van der Waals surface area contributed by atoms with Crippen LogP contribution in [0.1, 0.15) is 34.6 Å². The molecule has 0 saturated carbocycles. The van der Waals surface area contributed by atoms with Crippen LogP contribution >= 0.6 is 0 Å². The van der Waals surface area contributed by atoms with Gasteiger partial charge in [0.1, 0.15) is 0 Å². The van der Waals surface area contributed by atoms with Gasteiger partial charge in [-0.05, 0) is 0 Å². The maximum atomic E-state index is 11.5. The predicted octanol–water partition coefficient (Wildman–Crippen LogP) is 2.75. The van der Waals surface area contributed by atoms with Crippen LogP contribution in [0.25, 0.3) is 0 Å². The molecule has 1 rings (SSSR count). The van der Waals surface area contributed by atoms with Gasteiger partial charge in [-0.3, -0.25) is 0 Å². The van der Waals surface area contributed by atoms with Crippen LogP contribution in [0.4, 0.5) is 0 Å². The van der Waals surface area contributed by atoms with Crippen molar-refractivity contribution in [3.8, 4) is 0 Å². The van der Waals surface area contributed by atoms with E-state index in [1.165, 1.54) is 11.1 Å². The van der Waals surface area contributed by atoms with Crippen LogP contribution < -0.4 is 0 Å². The Balaban J connectivity index is 3.39. The summed E-state index contributed by atoms with van der Waals surface area (Å²) in [4.78, 5) is 11.5. The summed E-state index contributed by atoms with van der Waals surface area (Å²) < 4.78 is -0.0637. The van der Waals surface area contributed by atoms with Gasteiger partial charge in [0.15, 0.2) is 0 Å². The fraction of sp³-hybridized carbons (Fsp3) is 0.545. The zero-order valence-electron chi connectivity index (χ0n) is 8.74. The minimum atomic E-state index is -0.464. The van der Waals surface area contributed by atoms with E-state index in [-0.39, 0.29) is 4.72 Å². The van der Waals surface area contributed by atoms with Crippen LogP contribution in [0.15, 0.2) is 22.3 Å². The molecule has 0 amide bonds. The van der Waals surface area contributed by atoms with Gasteiger partial charge in [-0.2, -0.15) is 0 Å². The van der Waals surface area contributed by atoms with Crippen molar-refractivity contribution < 1.29 is 20.5 Å². The van der Waals surface area contributed by atoms with Gasteiger partial charge < -0.3 is 0 Å². The SMILES string of the molecule is CC1=C(C)C(C)([C](=O)[Co+3])C(C)=C1C. The monoisotopic (exact) mass is 222 g/mol. The van der Waals surface area contributed by atoms with E-state index in [1.807, 2.05) is 20.8 Å². The molecule has 1 aliphatic rings. The van der Waals surface area contributed by atoms with Crippen LogP contribution in [0, 0.1) is 5.41 Å². The topological polar surface area (TPSA) is 17.1 Å². The number of carbonyl (C=O) groups is 1. The summed E-state index contributed by atoms with van der Waals surface area (Å²) in [5.41, 5.74) is 4.29. The summed E-state index contributed by atoms with van der Waals surface area (Å²) >= 11 is 4.02. The molecular formula is C11H15CoO+3. The van der Waals surface area contributed by atoms with Crippen molar-refractivity contribution in [2.24, 2.45) is 5.41 Å². The maximum absolute atomic E-state index is 11.5. The molecule has 71 valence electrons. The van der Waals surface area contributed by atoms with Crippen LogP contribution in [0.2, 0.25) is 0 Å². The minimum absolute atomic E-state index is 0.0637. The summed E-state index contributed by atoms with van der Waals surface area (Å²) in [7, 11) is 0. The van der Waals surface area contributed by atoms with E-state index in [1.54, 1.807) is 0 Å². The Labute approximate surface area is 87.9 Å². The van der Waals surface area contributed by atoms with Crippen molar-refractivity contribution in [1.82, 2.24) is 0 Å². The van der Waals surface area contributed by atoms with E-state index in [2.05, 4.69) is 29.6 Å². The van der Waals surface area contributed by atoms with Crippen LogP contribution in [0.5, 0.6) is 0 Å². The Hall–Kier alpha value is -0.344. The molecule has 0 spiro atoms. The van der Waals surface area contributed by atoms with Gasteiger partial charge in [0, 0.05) is 0 Å². The van der Waals surface area contributed by atoms with Crippen LogP contribution in [-0.4, -0.2) is 4.72 Å². The Bertz CT molecular complexity index is 310. The molecule has 0 N–H and O–H groups in total. The summed E-state index contributed by atoms with van der Waals surface area (Å²) in [6, 6.07) is 0. The fourth-order valence-electron chi connectivity index (χ4n) is 1.87. The molecular weight excluding hydrogens is 207 g/mol. The van der Waals surface area contributed by atoms with Gasteiger partial charge in [0.25, 0.3) is 0 Å². The predicted molar refractivity (Wildman–Crippen MR) is 49.9 cm³/mol. The first-order valence-corrected chi connectivity index (χ1v) is 4.89. The van der Waals surface area contributed by atoms with E-state index in [0.29, 0.717) is 0 Å². The van der Waals surface area contributed by atoms with E-state index in [0.717, 1.165) is 11.1 Å². The average Bonchev–Trinajstić information content (AvgIpc) is 2.22. The normalized spacial score (nSPS) is 21.3. The number of hydrogen-bond acceptors (Lipinski definition) is 1. The van der Waals surface area contributed by atoms with Crippen molar-refractivity contribution in [2.45, 2.75) is 34.6 Å². The zero-order chi connectivity index (χ0) is 10.4. The summed E-state index contributed by atoms with van der Waals surface area (Å²) in [6.45, 7) is 10.1. The molecule has 0 saturated heterocycles. The van der Waals surface area contributed by atoms with Crippen molar-refractivity contribution in [2.75, 3.05) is 0 Å². The second-order valence-corrected chi connectivity index (χ2v) is 4.35. The van der Waals surface area contributed by atoms with Gasteiger partial charge in [-0.1, -0.05) is 0 Å². The third-order valence-electron chi connectivity index (χ3n) is 3.56. The molecule has 0 atom stereocenters. The molecule has 0 aliphatic heterocycles. The zero-order valence-corrected chi connectivity index (χ0v) is 9.78.